The number of rotatable bonds is 7. The van der Waals surface area contributed by atoms with Crippen molar-refractivity contribution in [3.8, 4) is 0 Å². The Bertz CT molecular complexity index is 212. The highest BCUT2D eigenvalue weighted by Crippen LogP contribution is 2.28. The molecular weight excluding hydrogens is 212 g/mol. The summed E-state index contributed by atoms with van der Waals surface area (Å²) in [7, 11) is 1.94. The van der Waals surface area contributed by atoms with Gasteiger partial charge >= 0.3 is 0 Å². The number of hydrogen-bond acceptors (Lipinski definition) is 2. The second-order valence-corrected chi connectivity index (χ2v) is 5.39. The van der Waals surface area contributed by atoms with Crippen molar-refractivity contribution in [2.75, 3.05) is 20.1 Å². The molecular formula is C14H28N2O. The van der Waals surface area contributed by atoms with Crippen molar-refractivity contribution in [1.82, 2.24) is 10.6 Å². The van der Waals surface area contributed by atoms with Gasteiger partial charge in [0, 0.05) is 12.5 Å². The van der Waals surface area contributed by atoms with E-state index in [9.17, 15) is 4.79 Å². The molecule has 0 radical (unpaired) electrons. The first-order chi connectivity index (χ1) is 8.24. The van der Waals surface area contributed by atoms with Crippen molar-refractivity contribution < 1.29 is 4.79 Å². The fourth-order valence-corrected chi connectivity index (χ4v) is 2.68. The summed E-state index contributed by atoms with van der Waals surface area (Å²) in [6.07, 6.45) is 8.87. The summed E-state index contributed by atoms with van der Waals surface area (Å²) in [4.78, 5) is 11.8. The highest BCUT2D eigenvalue weighted by atomic mass is 16.1. The maximum Gasteiger partial charge on any atom is 0.222 e. The zero-order chi connectivity index (χ0) is 12.5. The number of hydrogen-bond donors (Lipinski definition) is 2. The minimum Gasteiger partial charge on any atom is -0.356 e. The van der Waals surface area contributed by atoms with Crippen molar-refractivity contribution in [2.24, 2.45) is 11.8 Å². The normalized spacial score (nSPS) is 18.9. The van der Waals surface area contributed by atoms with Gasteiger partial charge in [0.1, 0.15) is 0 Å². The highest BCUT2D eigenvalue weighted by molar-refractivity contribution is 5.78. The molecule has 17 heavy (non-hydrogen) atoms. The monoisotopic (exact) mass is 240 g/mol. The van der Waals surface area contributed by atoms with Crippen LogP contribution in [0.1, 0.15) is 51.9 Å². The Morgan fingerprint density at radius 3 is 2.59 bits per heavy atom. The predicted molar refractivity (Wildman–Crippen MR) is 71.9 cm³/mol. The van der Waals surface area contributed by atoms with E-state index in [4.69, 9.17) is 0 Å². The predicted octanol–water partition coefficient (Wildman–Crippen LogP) is 2.32. The lowest BCUT2D eigenvalue weighted by Gasteiger charge is -2.24. The first-order valence-electron chi connectivity index (χ1n) is 7.16. The summed E-state index contributed by atoms with van der Waals surface area (Å²) in [6.45, 7) is 3.84. The van der Waals surface area contributed by atoms with Gasteiger partial charge in [-0.2, -0.15) is 0 Å². The summed E-state index contributed by atoms with van der Waals surface area (Å²) in [5.74, 6) is 1.22. The quantitative estimate of drug-likeness (QED) is 0.671. The average Bonchev–Trinajstić information content (AvgIpc) is 2.35. The lowest BCUT2D eigenvalue weighted by atomic mass is 9.83. The molecule has 3 heteroatoms. The fraction of sp³-hybridized carbons (Fsp3) is 0.929. The SMILES string of the molecule is CNCCCNC(=O)C(C)CC1CCCCC1. The molecule has 0 aromatic heterocycles. The Hall–Kier alpha value is -0.570. The Morgan fingerprint density at radius 2 is 1.94 bits per heavy atom. The standard InChI is InChI=1S/C14H28N2O/c1-12(11-13-7-4-3-5-8-13)14(17)16-10-6-9-15-2/h12-13,15H,3-11H2,1-2H3,(H,16,17). The second kappa shape index (κ2) is 8.51. The third-order valence-corrected chi connectivity index (χ3v) is 3.76. The van der Waals surface area contributed by atoms with Gasteiger partial charge in [0.05, 0.1) is 0 Å². The summed E-state index contributed by atoms with van der Waals surface area (Å²) >= 11 is 0. The van der Waals surface area contributed by atoms with E-state index in [0.717, 1.165) is 31.8 Å². The van der Waals surface area contributed by atoms with Crippen LogP contribution in [0.25, 0.3) is 0 Å². The molecule has 1 atom stereocenters. The van der Waals surface area contributed by atoms with Crippen LogP contribution in [0.3, 0.4) is 0 Å². The van der Waals surface area contributed by atoms with E-state index in [-0.39, 0.29) is 11.8 Å². The molecule has 1 amide bonds. The Balaban J connectivity index is 2.12. The average molecular weight is 240 g/mol. The van der Waals surface area contributed by atoms with Crippen LogP contribution in [0.2, 0.25) is 0 Å². The van der Waals surface area contributed by atoms with Gasteiger partial charge in [-0.3, -0.25) is 4.79 Å². The molecule has 0 aliphatic heterocycles. The topological polar surface area (TPSA) is 41.1 Å². The van der Waals surface area contributed by atoms with E-state index >= 15 is 0 Å². The fourth-order valence-electron chi connectivity index (χ4n) is 2.68. The molecule has 1 rings (SSSR count). The number of carbonyl (C=O) groups is 1. The van der Waals surface area contributed by atoms with E-state index in [0.29, 0.717) is 0 Å². The smallest absolute Gasteiger partial charge is 0.222 e. The van der Waals surface area contributed by atoms with Gasteiger partial charge in [-0.25, -0.2) is 0 Å². The summed E-state index contributed by atoms with van der Waals surface area (Å²) < 4.78 is 0. The molecule has 100 valence electrons. The minimum absolute atomic E-state index is 0.188. The van der Waals surface area contributed by atoms with Gasteiger partial charge in [0.25, 0.3) is 0 Å². The second-order valence-electron chi connectivity index (χ2n) is 5.39. The summed E-state index contributed by atoms with van der Waals surface area (Å²) in [5.41, 5.74) is 0. The van der Waals surface area contributed by atoms with Gasteiger partial charge in [0.15, 0.2) is 0 Å². The Kier molecular flexibility index (Phi) is 7.25. The maximum absolute atomic E-state index is 11.8. The molecule has 1 fully saturated rings. The number of nitrogens with one attached hydrogen (secondary N) is 2. The van der Waals surface area contributed by atoms with Crippen LogP contribution in [0.5, 0.6) is 0 Å². The number of carbonyl (C=O) groups excluding carboxylic acids is 1. The van der Waals surface area contributed by atoms with Crippen LogP contribution in [0, 0.1) is 11.8 Å². The van der Waals surface area contributed by atoms with E-state index in [1.54, 1.807) is 0 Å². The molecule has 2 N–H and O–H groups in total. The van der Waals surface area contributed by atoms with E-state index in [1.165, 1.54) is 32.1 Å². The summed E-state index contributed by atoms with van der Waals surface area (Å²) in [5, 5.41) is 6.11. The maximum atomic E-state index is 11.8. The van der Waals surface area contributed by atoms with Crippen molar-refractivity contribution in [1.29, 1.82) is 0 Å². The minimum atomic E-state index is 0.188. The molecule has 1 aliphatic rings. The zero-order valence-electron chi connectivity index (χ0n) is 11.4. The van der Waals surface area contributed by atoms with Crippen LogP contribution in [0.15, 0.2) is 0 Å². The van der Waals surface area contributed by atoms with Crippen LogP contribution >= 0.6 is 0 Å². The molecule has 0 heterocycles. The molecule has 1 aliphatic carbocycles. The molecule has 0 spiro atoms. The lowest BCUT2D eigenvalue weighted by Crippen LogP contribution is -2.32. The van der Waals surface area contributed by atoms with E-state index < -0.39 is 0 Å². The van der Waals surface area contributed by atoms with Gasteiger partial charge in [-0.1, -0.05) is 39.0 Å². The van der Waals surface area contributed by atoms with Crippen molar-refractivity contribution in [2.45, 2.75) is 51.9 Å². The highest BCUT2D eigenvalue weighted by Gasteiger charge is 2.20. The Labute approximate surface area is 106 Å². The number of amides is 1. The first kappa shape index (κ1) is 14.5. The van der Waals surface area contributed by atoms with Crippen molar-refractivity contribution in [3.05, 3.63) is 0 Å². The first-order valence-corrected chi connectivity index (χ1v) is 7.16. The van der Waals surface area contributed by atoms with Gasteiger partial charge in [-0.05, 0) is 32.4 Å². The molecule has 1 saturated carbocycles. The molecule has 0 aromatic rings. The van der Waals surface area contributed by atoms with Crippen LogP contribution in [-0.2, 0) is 4.79 Å². The van der Waals surface area contributed by atoms with Crippen molar-refractivity contribution >= 4 is 5.91 Å². The lowest BCUT2D eigenvalue weighted by molar-refractivity contribution is -0.125. The van der Waals surface area contributed by atoms with Gasteiger partial charge < -0.3 is 10.6 Å². The zero-order valence-corrected chi connectivity index (χ0v) is 11.4. The molecule has 0 aromatic carbocycles. The van der Waals surface area contributed by atoms with Crippen LogP contribution in [0.4, 0.5) is 0 Å². The van der Waals surface area contributed by atoms with E-state index in [2.05, 4.69) is 17.6 Å². The molecule has 0 saturated heterocycles. The van der Waals surface area contributed by atoms with Crippen LogP contribution < -0.4 is 10.6 Å². The molecule has 1 unspecified atom stereocenters. The third kappa shape index (κ3) is 6.06. The molecule has 3 nitrogen and oxygen atoms in total. The third-order valence-electron chi connectivity index (χ3n) is 3.76. The molecule has 0 bridgehead atoms. The van der Waals surface area contributed by atoms with E-state index in [1.807, 2.05) is 7.05 Å². The van der Waals surface area contributed by atoms with Gasteiger partial charge in [-0.15, -0.1) is 0 Å². The summed E-state index contributed by atoms with van der Waals surface area (Å²) in [6, 6.07) is 0. The van der Waals surface area contributed by atoms with Gasteiger partial charge in [0.2, 0.25) is 5.91 Å². The largest absolute Gasteiger partial charge is 0.356 e. The van der Waals surface area contributed by atoms with Crippen molar-refractivity contribution in [3.63, 3.8) is 0 Å². The van der Waals surface area contributed by atoms with Crippen LogP contribution in [-0.4, -0.2) is 26.0 Å². The Morgan fingerprint density at radius 1 is 1.24 bits per heavy atom.